The van der Waals surface area contributed by atoms with Gasteiger partial charge in [0.2, 0.25) is 5.91 Å². The lowest BCUT2D eigenvalue weighted by atomic mass is 10.00. The molecule has 0 fully saturated rings. The molecule has 4 unspecified atom stereocenters. The molecule has 0 saturated carbocycles. The normalized spacial score (nSPS) is 14.0. The molecule has 5 N–H and O–H groups in total. The number of carbonyl (C=O) groups is 1. The molecular weight excluding hydrogens is 719 g/mol. The number of nitrogens with one attached hydrogen (secondary N) is 1. The molecule has 0 bridgehead atoms. The number of unbranched alkanes of at least 4 members (excludes halogenated alkanes) is 37. The quantitative estimate of drug-likeness (QED) is 0.0310. The first-order valence-electron chi connectivity index (χ1n) is 26.1. The van der Waals surface area contributed by atoms with E-state index >= 15 is 0 Å². The topological polar surface area (TPSA) is 110 Å². The van der Waals surface area contributed by atoms with Gasteiger partial charge >= 0.3 is 0 Å². The second-order valence-electron chi connectivity index (χ2n) is 18.2. The van der Waals surface area contributed by atoms with E-state index in [4.69, 9.17) is 0 Å². The summed E-state index contributed by atoms with van der Waals surface area (Å²) in [5.41, 5.74) is 0. The Morgan fingerprint density at radius 1 is 0.414 bits per heavy atom. The van der Waals surface area contributed by atoms with E-state index < -0.39 is 36.9 Å². The molecule has 346 valence electrons. The van der Waals surface area contributed by atoms with Gasteiger partial charge in [-0.3, -0.25) is 4.79 Å². The van der Waals surface area contributed by atoms with Crippen LogP contribution in [0.1, 0.15) is 284 Å². The number of aliphatic hydroxyl groups excluding tert-OH is 4. The van der Waals surface area contributed by atoms with Gasteiger partial charge in [-0.05, 0) is 38.5 Å². The largest absolute Gasteiger partial charge is 0.394 e. The molecule has 0 radical (unpaired) electrons. The lowest BCUT2D eigenvalue weighted by Crippen LogP contribution is -2.53. The minimum atomic E-state index is -1.28. The minimum Gasteiger partial charge on any atom is -0.394 e. The van der Waals surface area contributed by atoms with E-state index in [2.05, 4.69) is 31.3 Å². The SMILES string of the molecule is CCCCCCCCCCCCCCCCC/C=C/CCCC(O)C(O)C(CO)NC(=O)C(O)CCCCCCCCCCCCCCCCCCCCCCCC. The van der Waals surface area contributed by atoms with Gasteiger partial charge in [0.05, 0.1) is 18.8 Å². The van der Waals surface area contributed by atoms with Gasteiger partial charge in [-0.15, -0.1) is 0 Å². The zero-order valence-electron chi connectivity index (χ0n) is 39.1. The summed E-state index contributed by atoms with van der Waals surface area (Å²) in [5, 5.41) is 43.9. The number of carbonyl (C=O) groups excluding carboxylic acids is 1. The molecule has 0 aromatic carbocycles. The minimum absolute atomic E-state index is 0.369. The number of rotatable bonds is 48. The maximum absolute atomic E-state index is 12.6. The standard InChI is InChI=1S/C52H103NO5/c1-3-5-7-9-11-13-15-17-19-21-23-25-26-28-30-32-34-36-38-40-42-44-46-50(56)52(58)53-48(47-54)51(57)49(55)45-43-41-39-37-35-33-31-29-27-24-22-20-18-16-14-12-10-8-6-4-2/h37,39,48-51,54-57H,3-36,38,40-47H2,1-2H3,(H,53,58)/b39-37+. The van der Waals surface area contributed by atoms with Crippen LogP contribution in [0, 0.1) is 0 Å². The fourth-order valence-electron chi connectivity index (χ4n) is 8.35. The van der Waals surface area contributed by atoms with E-state index in [1.807, 2.05) is 0 Å². The van der Waals surface area contributed by atoms with Crippen molar-refractivity contribution in [2.24, 2.45) is 0 Å². The molecule has 0 aliphatic carbocycles. The summed E-state index contributed by atoms with van der Waals surface area (Å²) in [6.45, 7) is 4.08. The summed E-state index contributed by atoms with van der Waals surface area (Å²) in [4.78, 5) is 12.6. The summed E-state index contributed by atoms with van der Waals surface area (Å²) in [6, 6.07) is -0.998. The summed E-state index contributed by atoms with van der Waals surface area (Å²) < 4.78 is 0. The van der Waals surface area contributed by atoms with Crippen LogP contribution < -0.4 is 5.32 Å². The molecular formula is C52H103NO5. The highest BCUT2D eigenvalue weighted by molar-refractivity contribution is 5.80. The van der Waals surface area contributed by atoms with Crippen LogP contribution in [-0.4, -0.2) is 57.3 Å². The van der Waals surface area contributed by atoms with Crippen molar-refractivity contribution in [1.82, 2.24) is 5.32 Å². The lowest BCUT2D eigenvalue weighted by molar-refractivity contribution is -0.132. The van der Waals surface area contributed by atoms with Gasteiger partial charge in [0, 0.05) is 0 Å². The van der Waals surface area contributed by atoms with Crippen molar-refractivity contribution in [2.45, 2.75) is 308 Å². The lowest BCUT2D eigenvalue weighted by Gasteiger charge is -2.27. The molecule has 0 aromatic heterocycles. The Morgan fingerprint density at radius 3 is 1.03 bits per heavy atom. The molecule has 0 rings (SSSR count). The number of hydrogen-bond acceptors (Lipinski definition) is 5. The average Bonchev–Trinajstić information content (AvgIpc) is 3.23. The highest BCUT2D eigenvalue weighted by Crippen LogP contribution is 2.17. The van der Waals surface area contributed by atoms with Crippen molar-refractivity contribution in [2.75, 3.05) is 6.61 Å². The third-order valence-electron chi connectivity index (χ3n) is 12.5. The molecule has 0 saturated heterocycles. The van der Waals surface area contributed by atoms with Crippen LogP contribution in [0.5, 0.6) is 0 Å². The molecule has 0 aromatic rings. The summed E-state index contributed by atoms with van der Waals surface area (Å²) in [7, 11) is 0. The number of hydrogen-bond donors (Lipinski definition) is 5. The van der Waals surface area contributed by atoms with Crippen molar-refractivity contribution >= 4 is 5.91 Å². The Bertz CT molecular complexity index is 837. The van der Waals surface area contributed by atoms with Gasteiger partial charge in [-0.25, -0.2) is 0 Å². The summed E-state index contributed by atoms with van der Waals surface area (Å²) in [5.74, 6) is -0.587. The third-order valence-corrected chi connectivity index (χ3v) is 12.5. The highest BCUT2D eigenvalue weighted by Gasteiger charge is 2.28. The van der Waals surface area contributed by atoms with Gasteiger partial charge in [-0.1, -0.05) is 257 Å². The zero-order chi connectivity index (χ0) is 42.4. The van der Waals surface area contributed by atoms with Gasteiger partial charge in [-0.2, -0.15) is 0 Å². The molecule has 1 amide bonds. The smallest absolute Gasteiger partial charge is 0.249 e. The third kappa shape index (κ3) is 40.5. The van der Waals surface area contributed by atoms with Crippen molar-refractivity contribution in [3.63, 3.8) is 0 Å². The van der Waals surface area contributed by atoms with Gasteiger partial charge in [0.15, 0.2) is 0 Å². The van der Waals surface area contributed by atoms with Crippen molar-refractivity contribution in [3.05, 3.63) is 12.2 Å². The van der Waals surface area contributed by atoms with Crippen LogP contribution >= 0.6 is 0 Å². The van der Waals surface area contributed by atoms with E-state index in [9.17, 15) is 25.2 Å². The van der Waals surface area contributed by atoms with Crippen LogP contribution in [0.2, 0.25) is 0 Å². The molecule has 0 heterocycles. The first-order chi connectivity index (χ1) is 28.5. The second-order valence-corrected chi connectivity index (χ2v) is 18.2. The van der Waals surface area contributed by atoms with E-state index in [1.54, 1.807) is 0 Å². The van der Waals surface area contributed by atoms with E-state index in [1.165, 1.54) is 218 Å². The molecule has 6 heteroatoms. The molecule has 0 aliphatic heterocycles. The number of allylic oxidation sites excluding steroid dienone is 2. The maximum Gasteiger partial charge on any atom is 0.249 e. The van der Waals surface area contributed by atoms with E-state index in [0.717, 1.165) is 38.5 Å². The molecule has 4 atom stereocenters. The van der Waals surface area contributed by atoms with Crippen molar-refractivity contribution in [3.8, 4) is 0 Å². The molecule has 58 heavy (non-hydrogen) atoms. The summed E-state index contributed by atoms with van der Waals surface area (Å²) >= 11 is 0. The molecule has 0 aliphatic rings. The number of amides is 1. The first-order valence-corrected chi connectivity index (χ1v) is 26.1. The maximum atomic E-state index is 12.6. The number of aliphatic hydroxyl groups is 4. The Hall–Kier alpha value is -0.950. The first kappa shape index (κ1) is 57.1. The molecule has 0 spiro atoms. The van der Waals surface area contributed by atoms with Crippen LogP contribution in [0.25, 0.3) is 0 Å². The Kier molecular flexibility index (Phi) is 46.3. The van der Waals surface area contributed by atoms with Gasteiger partial charge in [0.1, 0.15) is 12.2 Å². The second kappa shape index (κ2) is 47.1. The highest BCUT2D eigenvalue weighted by atomic mass is 16.3. The fraction of sp³-hybridized carbons (Fsp3) is 0.942. The van der Waals surface area contributed by atoms with Crippen LogP contribution in [-0.2, 0) is 4.79 Å². The van der Waals surface area contributed by atoms with E-state index in [-0.39, 0.29) is 0 Å². The van der Waals surface area contributed by atoms with Crippen LogP contribution in [0.3, 0.4) is 0 Å². The van der Waals surface area contributed by atoms with E-state index in [0.29, 0.717) is 12.8 Å². The monoisotopic (exact) mass is 822 g/mol. The van der Waals surface area contributed by atoms with Crippen molar-refractivity contribution in [1.29, 1.82) is 0 Å². The fourth-order valence-corrected chi connectivity index (χ4v) is 8.35. The predicted octanol–water partition coefficient (Wildman–Crippen LogP) is 14.5. The van der Waals surface area contributed by atoms with Crippen LogP contribution in [0.15, 0.2) is 12.2 Å². The zero-order valence-corrected chi connectivity index (χ0v) is 39.1. The Balaban J connectivity index is 3.66. The summed E-state index contributed by atoms with van der Waals surface area (Å²) in [6.07, 6.45) is 54.1. The van der Waals surface area contributed by atoms with Gasteiger partial charge < -0.3 is 25.7 Å². The predicted molar refractivity (Wildman–Crippen MR) is 251 cm³/mol. The van der Waals surface area contributed by atoms with Crippen LogP contribution in [0.4, 0.5) is 0 Å². The van der Waals surface area contributed by atoms with Crippen molar-refractivity contribution < 1.29 is 25.2 Å². The Morgan fingerprint density at radius 2 is 0.707 bits per heavy atom. The van der Waals surface area contributed by atoms with Gasteiger partial charge in [0.25, 0.3) is 0 Å². The molecule has 6 nitrogen and oxygen atoms in total. The average molecular weight is 822 g/mol. The Labute approximate surface area is 362 Å².